The molecular formula is C26H20ClN3O5. The fourth-order valence-corrected chi connectivity index (χ4v) is 4.53. The van der Waals surface area contributed by atoms with Gasteiger partial charge in [0.25, 0.3) is 11.6 Å². The van der Waals surface area contributed by atoms with Crippen molar-refractivity contribution in [2.45, 2.75) is 19.1 Å². The number of halogens is 1. The molecule has 2 aliphatic heterocycles. The maximum Gasteiger partial charge on any atom is 0.276 e. The first kappa shape index (κ1) is 22.8. The SMILES string of the molecule is Cc1ccc(N2O[C@H]3C(=O)N(c4ccc(Cl)cc4)C(=O)[C@H]3[C@@H]2/C=C/c2ccccc2[N+](=O)[O-])cc1. The molecule has 2 saturated heterocycles. The number of hydrogen-bond donors (Lipinski definition) is 0. The van der Waals surface area contributed by atoms with E-state index in [9.17, 15) is 19.7 Å². The zero-order valence-electron chi connectivity index (χ0n) is 18.6. The van der Waals surface area contributed by atoms with Gasteiger partial charge < -0.3 is 0 Å². The van der Waals surface area contributed by atoms with Crippen LogP contribution in [-0.2, 0) is 14.4 Å². The number of hydrogen-bond acceptors (Lipinski definition) is 6. The van der Waals surface area contributed by atoms with Crippen LogP contribution in [0.25, 0.3) is 6.08 Å². The highest BCUT2D eigenvalue weighted by Gasteiger charge is 2.59. The van der Waals surface area contributed by atoms with Gasteiger partial charge in [-0.2, -0.15) is 0 Å². The number of benzene rings is 3. The molecule has 0 aromatic heterocycles. The van der Waals surface area contributed by atoms with E-state index in [1.165, 1.54) is 11.1 Å². The van der Waals surface area contributed by atoms with Gasteiger partial charge in [-0.05, 0) is 55.5 Å². The summed E-state index contributed by atoms with van der Waals surface area (Å²) in [5, 5.41) is 13.5. The number of rotatable bonds is 5. The Morgan fingerprint density at radius 1 is 0.943 bits per heavy atom. The molecule has 2 aliphatic rings. The highest BCUT2D eigenvalue weighted by atomic mass is 35.5. The van der Waals surface area contributed by atoms with Crippen LogP contribution in [0.1, 0.15) is 11.1 Å². The van der Waals surface area contributed by atoms with Crippen molar-refractivity contribution in [1.29, 1.82) is 0 Å². The van der Waals surface area contributed by atoms with E-state index in [4.69, 9.17) is 16.4 Å². The molecule has 35 heavy (non-hydrogen) atoms. The second-order valence-electron chi connectivity index (χ2n) is 8.37. The lowest BCUT2D eigenvalue weighted by Gasteiger charge is -2.26. The number of aryl methyl sites for hydroxylation is 1. The van der Waals surface area contributed by atoms with Crippen LogP contribution in [-0.4, -0.2) is 28.9 Å². The highest BCUT2D eigenvalue weighted by molar-refractivity contribution is 6.31. The molecule has 0 unspecified atom stereocenters. The third kappa shape index (κ3) is 4.07. The molecule has 2 heterocycles. The van der Waals surface area contributed by atoms with Crippen molar-refractivity contribution in [2.24, 2.45) is 5.92 Å². The average molecular weight is 490 g/mol. The van der Waals surface area contributed by atoms with Gasteiger partial charge in [0.2, 0.25) is 5.91 Å². The number of nitrogens with zero attached hydrogens (tertiary/aromatic N) is 3. The van der Waals surface area contributed by atoms with Crippen LogP contribution in [0.5, 0.6) is 0 Å². The van der Waals surface area contributed by atoms with Gasteiger partial charge in [0, 0.05) is 11.1 Å². The lowest BCUT2D eigenvalue weighted by Crippen LogP contribution is -2.39. The van der Waals surface area contributed by atoms with Crippen LogP contribution in [0.15, 0.2) is 78.9 Å². The summed E-state index contributed by atoms with van der Waals surface area (Å²) in [6.45, 7) is 1.95. The molecule has 0 N–H and O–H groups in total. The zero-order chi connectivity index (χ0) is 24.7. The van der Waals surface area contributed by atoms with Gasteiger partial charge in [-0.1, -0.05) is 47.5 Å². The number of hydroxylamine groups is 1. The summed E-state index contributed by atoms with van der Waals surface area (Å²) in [6.07, 6.45) is 2.25. The van der Waals surface area contributed by atoms with E-state index in [-0.39, 0.29) is 5.69 Å². The predicted octanol–water partition coefficient (Wildman–Crippen LogP) is 4.95. The van der Waals surface area contributed by atoms with Crippen molar-refractivity contribution in [3.05, 3.63) is 105 Å². The van der Waals surface area contributed by atoms with Gasteiger partial charge in [-0.3, -0.25) is 24.5 Å². The Bertz CT molecular complexity index is 1340. The Kier molecular flexibility index (Phi) is 5.84. The number of nitro groups is 1. The number of anilines is 2. The summed E-state index contributed by atoms with van der Waals surface area (Å²) >= 11 is 5.97. The number of fused-ring (bicyclic) bond motifs is 1. The third-order valence-corrected chi connectivity index (χ3v) is 6.39. The van der Waals surface area contributed by atoms with Crippen LogP contribution in [0, 0.1) is 23.0 Å². The van der Waals surface area contributed by atoms with E-state index in [1.54, 1.807) is 54.6 Å². The molecule has 2 amide bonds. The van der Waals surface area contributed by atoms with Gasteiger partial charge in [0.1, 0.15) is 5.92 Å². The number of para-hydroxylation sites is 1. The van der Waals surface area contributed by atoms with E-state index >= 15 is 0 Å². The van der Waals surface area contributed by atoms with Gasteiger partial charge in [0.15, 0.2) is 6.10 Å². The zero-order valence-corrected chi connectivity index (χ0v) is 19.3. The fraction of sp³-hybridized carbons (Fsp3) is 0.154. The lowest BCUT2D eigenvalue weighted by molar-refractivity contribution is -0.385. The van der Waals surface area contributed by atoms with Crippen LogP contribution >= 0.6 is 11.6 Å². The average Bonchev–Trinajstić information content (AvgIpc) is 3.34. The number of nitro benzene ring substituents is 1. The molecule has 5 rings (SSSR count). The van der Waals surface area contributed by atoms with E-state index in [2.05, 4.69) is 0 Å². The van der Waals surface area contributed by atoms with Gasteiger partial charge >= 0.3 is 0 Å². The minimum Gasteiger partial charge on any atom is -0.273 e. The van der Waals surface area contributed by atoms with Crippen LogP contribution in [0.3, 0.4) is 0 Å². The first-order chi connectivity index (χ1) is 16.8. The number of carbonyl (C=O) groups is 2. The molecule has 2 fully saturated rings. The summed E-state index contributed by atoms with van der Waals surface area (Å²) < 4.78 is 0. The van der Waals surface area contributed by atoms with Crippen LogP contribution < -0.4 is 9.96 Å². The normalized spacial score (nSPS) is 21.7. The van der Waals surface area contributed by atoms with Crippen molar-refractivity contribution in [1.82, 2.24) is 0 Å². The first-order valence-electron chi connectivity index (χ1n) is 10.9. The molecule has 8 nitrogen and oxygen atoms in total. The van der Waals surface area contributed by atoms with E-state index in [1.807, 2.05) is 31.2 Å². The molecular weight excluding hydrogens is 470 g/mol. The molecule has 3 aromatic rings. The summed E-state index contributed by atoms with van der Waals surface area (Å²) in [5.74, 6) is -1.71. The first-order valence-corrected chi connectivity index (χ1v) is 11.3. The number of amides is 2. The second kappa shape index (κ2) is 8.98. The summed E-state index contributed by atoms with van der Waals surface area (Å²) in [7, 11) is 0. The minimum absolute atomic E-state index is 0.0577. The van der Waals surface area contributed by atoms with Crippen LogP contribution in [0.2, 0.25) is 5.02 Å². The molecule has 0 spiro atoms. The Morgan fingerprint density at radius 3 is 2.29 bits per heavy atom. The Labute approximate surface area is 206 Å². The molecule has 0 saturated carbocycles. The smallest absolute Gasteiger partial charge is 0.273 e. The standard InChI is InChI=1S/C26H20ClN3O5/c1-16-6-11-20(12-7-16)29-22(15-8-17-4-2-3-5-21(17)30(33)34)23-24(35-29)26(32)28(25(23)31)19-13-9-18(27)10-14-19/h2-15,22-24H,1H3/b15-8+/t22-,23-,24+/m0/s1. The van der Waals surface area contributed by atoms with E-state index in [0.29, 0.717) is 22.0 Å². The Morgan fingerprint density at radius 2 is 1.60 bits per heavy atom. The molecule has 0 radical (unpaired) electrons. The largest absolute Gasteiger partial charge is 0.276 e. The summed E-state index contributed by atoms with van der Waals surface area (Å²) in [6, 6.07) is 19.6. The summed E-state index contributed by atoms with van der Waals surface area (Å²) in [4.78, 5) is 45.0. The fourth-order valence-electron chi connectivity index (χ4n) is 4.41. The van der Waals surface area contributed by atoms with Gasteiger partial charge in [-0.15, -0.1) is 0 Å². The van der Waals surface area contributed by atoms with Crippen molar-refractivity contribution < 1.29 is 19.3 Å². The van der Waals surface area contributed by atoms with Crippen LogP contribution in [0.4, 0.5) is 17.1 Å². The van der Waals surface area contributed by atoms with Crippen molar-refractivity contribution in [2.75, 3.05) is 9.96 Å². The Balaban J connectivity index is 1.54. The maximum absolute atomic E-state index is 13.5. The van der Waals surface area contributed by atoms with E-state index in [0.717, 1.165) is 10.5 Å². The number of imide groups is 1. The predicted molar refractivity (Wildman–Crippen MR) is 132 cm³/mol. The Hall–Kier alpha value is -4.01. The topological polar surface area (TPSA) is 93.0 Å². The lowest BCUT2D eigenvalue weighted by atomic mass is 9.95. The molecule has 3 aromatic carbocycles. The maximum atomic E-state index is 13.5. The second-order valence-corrected chi connectivity index (χ2v) is 8.80. The van der Waals surface area contributed by atoms with Crippen molar-refractivity contribution in [3.63, 3.8) is 0 Å². The summed E-state index contributed by atoms with van der Waals surface area (Å²) in [5.41, 5.74) is 2.45. The van der Waals surface area contributed by atoms with Crippen molar-refractivity contribution >= 4 is 46.6 Å². The molecule has 0 aliphatic carbocycles. The van der Waals surface area contributed by atoms with E-state index < -0.39 is 34.8 Å². The third-order valence-electron chi connectivity index (χ3n) is 6.14. The number of carbonyl (C=O) groups excluding carboxylic acids is 2. The quantitative estimate of drug-likeness (QED) is 0.286. The monoisotopic (exact) mass is 489 g/mol. The molecule has 176 valence electrons. The van der Waals surface area contributed by atoms with Gasteiger partial charge in [-0.25, -0.2) is 9.96 Å². The highest BCUT2D eigenvalue weighted by Crippen LogP contribution is 2.41. The molecule has 3 atom stereocenters. The van der Waals surface area contributed by atoms with Crippen molar-refractivity contribution in [3.8, 4) is 0 Å². The molecule has 9 heteroatoms. The minimum atomic E-state index is -1.03. The van der Waals surface area contributed by atoms with Gasteiger partial charge in [0.05, 0.1) is 27.9 Å². The molecule has 0 bridgehead atoms.